The molecule has 0 aliphatic heterocycles. The van der Waals surface area contributed by atoms with Crippen LogP contribution in [-0.4, -0.2) is 95.5 Å². The molecule has 5 radical (unpaired) electrons. The minimum atomic E-state index is 0. The smallest absolute Gasteiger partial charge is 0.0941 e. The molecule has 0 unspecified atom stereocenters. The number of nitrogens with zero attached hydrogens (tertiary/aromatic N) is 20. The van der Waals surface area contributed by atoms with Crippen LogP contribution in [-0.2, 0) is 136 Å². The molecule has 0 bridgehead atoms. The fraction of sp³-hybridized carbons (Fsp3) is 0.190. The summed E-state index contributed by atoms with van der Waals surface area (Å²) in [5.41, 5.74) is 39.3. The van der Waals surface area contributed by atoms with Crippen LogP contribution in [0.5, 0.6) is 0 Å². The van der Waals surface area contributed by atoms with Crippen LogP contribution < -0.4 is 0 Å². The molecule has 10 aromatic heterocycles. The van der Waals surface area contributed by atoms with Gasteiger partial charge >= 0.3 is 0 Å². The Morgan fingerprint density at radius 2 is 0.473 bits per heavy atom. The molecule has 0 aliphatic carbocycles. The van der Waals surface area contributed by atoms with Gasteiger partial charge in [0, 0.05) is 259 Å². The molecule has 0 amide bonds. The van der Waals surface area contributed by atoms with E-state index in [1.807, 2.05) is 174 Å². The summed E-state index contributed by atoms with van der Waals surface area (Å²) >= 11 is 0. The van der Waals surface area contributed by atoms with Crippen molar-refractivity contribution < 1.29 is 101 Å². The standard InChI is InChI=1S/C30H23N4.C26H23N4.C24H27N4.C21H21N4.C20H19N4.5Ir/c1-21-32-27-17-16-24(20-28(27)33(21)2)30-31-18-19-34(30)29-25(22-10-5-3-6-11-22)14-9-15-26(29)23-12-7-4-8-13-23;1-17-14-22(20-8-6-5-7-9-20)15-18(2)25(17)30-13-12-27-26(30)21-10-11-23-24(16-21)29(4)19(3)28-23;1-15(2)19-8-7-9-20(16(3)4)23(19)28-13-12-25-24(28)18-10-11-21-22(14-18)27(6)17(5)26-21;1-13-10-14(2)20(15(3)11-13)25-9-8-22-21(25)17-6-7-18-19(12-17)24(5)16(4)23-18;1-13-6-5-7-14(2)19(13)24-11-10-21-20(24)16-8-9-17-18(12-16)23(4)15(3)22-17;;;;;/h3-15,17-20H,1-2H3;5-9,11-16H,1-4H3;7-9,11-16H,1-6H3;7-12H,1-5H3;5-7,9-12H,1-4H3;;;;;/q5*-1;;;;;. The van der Waals surface area contributed by atoms with Gasteiger partial charge in [0.15, 0.2) is 0 Å². The van der Waals surface area contributed by atoms with Gasteiger partial charge in [-0.3, -0.25) is 49.8 Å². The maximum absolute atomic E-state index is 4.78. The zero-order chi connectivity index (χ0) is 98.5. The molecule has 747 valence electrons. The van der Waals surface area contributed by atoms with Gasteiger partial charge in [-0.25, -0.2) is 0 Å². The molecule has 0 saturated carbocycles. The number of hydrogen-bond acceptors (Lipinski definition) is 10. The number of hydrogen-bond donors (Lipinski definition) is 0. The van der Waals surface area contributed by atoms with E-state index in [1.165, 1.54) is 78.3 Å². The van der Waals surface area contributed by atoms with Crippen molar-refractivity contribution in [1.82, 2.24) is 95.5 Å². The monoisotopic (exact) mass is 2810 g/mol. The van der Waals surface area contributed by atoms with Gasteiger partial charge in [-0.15, -0.1) is 119 Å². The van der Waals surface area contributed by atoms with Crippen LogP contribution in [0.4, 0.5) is 0 Å². The Kier molecular flexibility index (Phi) is 34.1. The van der Waals surface area contributed by atoms with E-state index >= 15 is 0 Å². The van der Waals surface area contributed by atoms with Gasteiger partial charge in [-0.05, 0) is 201 Å². The van der Waals surface area contributed by atoms with E-state index in [-0.39, 0.29) is 101 Å². The Morgan fingerprint density at radius 1 is 0.233 bits per heavy atom. The van der Waals surface area contributed by atoms with Crippen LogP contribution in [0.25, 0.3) is 174 Å². The molecule has 0 aliphatic rings. The van der Waals surface area contributed by atoms with Crippen molar-refractivity contribution in [2.75, 3.05) is 0 Å². The van der Waals surface area contributed by atoms with Crippen LogP contribution in [0.15, 0.2) is 292 Å². The summed E-state index contributed by atoms with van der Waals surface area (Å²) in [6.07, 6.45) is 19.4. The first-order valence-corrected chi connectivity index (χ1v) is 47.7. The fourth-order valence-electron chi connectivity index (χ4n) is 19.5. The van der Waals surface area contributed by atoms with Crippen molar-refractivity contribution in [3.63, 3.8) is 0 Å². The van der Waals surface area contributed by atoms with E-state index in [1.54, 1.807) is 0 Å². The third-order valence-corrected chi connectivity index (χ3v) is 27.0. The topological polar surface area (TPSA) is 178 Å². The molecule has 10 heterocycles. The van der Waals surface area contributed by atoms with E-state index in [4.69, 9.17) is 9.97 Å². The molecule has 23 aromatic rings. The molecule has 146 heavy (non-hydrogen) atoms. The quantitative estimate of drug-likeness (QED) is 0.0897. The van der Waals surface area contributed by atoms with Gasteiger partial charge in [0.25, 0.3) is 0 Å². The summed E-state index contributed by atoms with van der Waals surface area (Å²) in [4.78, 5) is 46.3. The summed E-state index contributed by atoms with van der Waals surface area (Å²) in [7, 11) is 10.2. The van der Waals surface area contributed by atoms with Gasteiger partial charge < -0.3 is 45.7 Å². The number of para-hydroxylation sites is 3. The molecular weight excluding hydrogens is 2690 g/mol. The summed E-state index contributed by atoms with van der Waals surface area (Å²) in [5, 5.41) is 0. The summed E-state index contributed by atoms with van der Waals surface area (Å²) in [5.74, 6) is 10.2. The zero-order valence-electron chi connectivity index (χ0n) is 85.5. The van der Waals surface area contributed by atoms with Crippen molar-refractivity contribution in [2.24, 2.45) is 35.2 Å². The molecule has 13 aromatic carbocycles. The van der Waals surface area contributed by atoms with Crippen molar-refractivity contribution in [1.29, 1.82) is 0 Å². The van der Waals surface area contributed by atoms with Gasteiger partial charge in [0.05, 0.1) is 63.9 Å². The van der Waals surface area contributed by atoms with E-state index in [0.717, 1.165) is 175 Å². The Labute approximate surface area is 921 Å². The van der Waals surface area contributed by atoms with E-state index < -0.39 is 0 Å². The molecule has 0 saturated heterocycles. The average molecular weight is 2810 g/mol. The van der Waals surface area contributed by atoms with Gasteiger partial charge in [-0.2, -0.15) is 0 Å². The van der Waals surface area contributed by atoms with Crippen LogP contribution in [0, 0.1) is 113 Å². The van der Waals surface area contributed by atoms with E-state index in [2.05, 4.69) is 380 Å². The maximum Gasteiger partial charge on any atom is 0.0941 e. The fourth-order valence-corrected chi connectivity index (χ4v) is 19.5. The first kappa shape index (κ1) is 108. The third kappa shape index (κ3) is 21.4. The Bertz CT molecular complexity index is 8460. The van der Waals surface area contributed by atoms with Crippen LogP contribution in [0.2, 0.25) is 0 Å². The van der Waals surface area contributed by atoms with Gasteiger partial charge in [-0.1, -0.05) is 191 Å². The van der Waals surface area contributed by atoms with Gasteiger partial charge in [0.1, 0.15) is 0 Å². The van der Waals surface area contributed by atoms with Gasteiger partial charge in [0.2, 0.25) is 0 Å². The Balaban J connectivity index is 0.000000144. The molecule has 20 nitrogen and oxygen atoms in total. The number of aromatic nitrogens is 20. The summed E-state index contributed by atoms with van der Waals surface area (Å²) in [6.45, 7) is 34.1. The Hall–Kier alpha value is -13.5. The SMILES string of the molecule is Cc1cc(-c2ccccc2)cc(C)c1-n1ccnc1-c1[c-]cc2nc(C)n(C)c2c1.Cc1cc(C)c(-n2ccnc2-c2[c-]cc3nc(C)n(C)c3c2)c(C)c1.Cc1cccc(C)c1-n1ccnc1-c1[c-]cc2nc(C)n(C)c2c1.Cc1nc2c[c-]c(-c3nccn3-c3c(-c4ccccc4)cccc3-c3ccccc3)cc2n1C.Cc1nc2c[c-]c(-c3nccn3-c3c(C(C)C)cccc3C(C)C)cc2n1C.[Ir].[Ir].[Ir].[Ir].[Ir]. The van der Waals surface area contributed by atoms with Crippen LogP contribution >= 0.6 is 0 Å². The number of fused-ring (bicyclic) bond motifs is 5. The summed E-state index contributed by atoms with van der Waals surface area (Å²) < 4.78 is 21.4. The minimum Gasteiger partial charge on any atom is -0.349 e. The van der Waals surface area contributed by atoms with Crippen molar-refractivity contribution in [2.45, 2.75) is 123 Å². The molecule has 0 atom stereocenters. The second-order valence-corrected chi connectivity index (χ2v) is 37.1. The number of rotatable bonds is 15. The number of benzene rings is 13. The second kappa shape index (κ2) is 46.1. The first-order chi connectivity index (χ1) is 68.1. The van der Waals surface area contributed by atoms with Crippen LogP contribution in [0.3, 0.4) is 0 Å². The maximum atomic E-state index is 4.78. The zero-order valence-corrected chi connectivity index (χ0v) is 97.5. The first-order valence-electron chi connectivity index (χ1n) is 47.7. The molecule has 0 spiro atoms. The molecule has 0 fully saturated rings. The third-order valence-electron chi connectivity index (χ3n) is 27.0. The van der Waals surface area contributed by atoms with Crippen LogP contribution in [0.1, 0.15) is 119 Å². The average Bonchev–Trinajstić information content (AvgIpc) is 1.62. The number of aryl methyl sites for hydroxylation is 17. The predicted octanol–water partition coefficient (Wildman–Crippen LogP) is 27.1. The molecule has 0 N–H and O–H groups in total. The van der Waals surface area contributed by atoms with Crippen molar-refractivity contribution in [3.05, 3.63) is 402 Å². The second-order valence-electron chi connectivity index (χ2n) is 37.1. The van der Waals surface area contributed by atoms with Crippen molar-refractivity contribution >= 4 is 55.2 Å². The van der Waals surface area contributed by atoms with Crippen molar-refractivity contribution in [3.8, 4) is 119 Å². The number of imidazole rings is 10. The van der Waals surface area contributed by atoms with E-state index in [9.17, 15) is 0 Å². The normalized spacial score (nSPS) is 11.0. The molecule has 25 heteroatoms. The minimum absolute atomic E-state index is 0. The summed E-state index contributed by atoms with van der Waals surface area (Å²) in [6, 6.07) is 97.2. The molecule has 23 rings (SSSR count). The molecular formula is C121H113Ir5N20-5. The Morgan fingerprint density at radius 3 is 0.753 bits per heavy atom. The predicted molar refractivity (Wildman–Crippen MR) is 572 cm³/mol. The largest absolute Gasteiger partial charge is 0.349 e. The van der Waals surface area contributed by atoms with E-state index in [0.29, 0.717) is 11.8 Å².